The Hall–Kier alpha value is -1.06. The summed E-state index contributed by atoms with van der Waals surface area (Å²) < 4.78 is 5.75. The molecule has 0 spiro atoms. The minimum absolute atomic E-state index is 0.109. The number of rotatable bonds is 3. The van der Waals surface area contributed by atoms with Gasteiger partial charge in [0.2, 0.25) is 0 Å². The Morgan fingerprint density at radius 1 is 0.963 bits per heavy atom. The third-order valence-corrected chi connectivity index (χ3v) is 9.46. The van der Waals surface area contributed by atoms with Crippen LogP contribution in [-0.4, -0.2) is 23.1 Å². The summed E-state index contributed by atoms with van der Waals surface area (Å²) in [6.45, 7) is 6.45. The number of fused-ring (bicyclic) bond motifs is 5. The van der Waals surface area contributed by atoms with E-state index in [-0.39, 0.29) is 17.5 Å². The third kappa shape index (κ3) is 3.11. The lowest BCUT2D eigenvalue weighted by Crippen LogP contribution is -2.54. The normalized spacial score (nSPS) is 48.9. The average molecular weight is 377 g/mol. The second kappa shape index (κ2) is 6.77. The van der Waals surface area contributed by atoms with Crippen LogP contribution in [0, 0.1) is 40.4 Å². The first-order valence-corrected chi connectivity index (χ1v) is 11.1. The topological polar surface area (TPSA) is 63.6 Å². The fourth-order valence-corrected chi connectivity index (χ4v) is 8.13. The van der Waals surface area contributed by atoms with Crippen molar-refractivity contribution < 1.29 is 19.4 Å². The van der Waals surface area contributed by atoms with Gasteiger partial charge in [-0.05, 0) is 92.8 Å². The monoisotopic (exact) mass is 376 g/mol. The van der Waals surface area contributed by atoms with Crippen LogP contribution in [-0.2, 0) is 14.3 Å². The highest BCUT2D eigenvalue weighted by Crippen LogP contribution is 2.67. The average Bonchev–Trinajstić information content (AvgIpc) is 2.91. The summed E-state index contributed by atoms with van der Waals surface area (Å²) in [6, 6.07) is 0. The van der Waals surface area contributed by atoms with E-state index in [0.717, 1.165) is 31.1 Å². The Labute approximate surface area is 163 Å². The van der Waals surface area contributed by atoms with E-state index in [0.29, 0.717) is 29.6 Å². The second-order valence-electron chi connectivity index (χ2n) is 10.6. The lowest BCUT2D eigenvalue weighted by Gasteiger charge is -2.61. The van der Waals surface area contributed by atoms with Gasteiger partial charge in [0.15, 0.2) is 0 Å². The van der Waals surface area contributed by atoms with E-state index in [4.69, 9.17) is 4.74 Å². The molecule has 27 heavy (non-hydrogen) atoms. The minimum atomic E-state index is -0.631. The maximum absolute atomic E-state index is 11.6. The molecular weight excluding hydrogens is 340 g/mol. The fraction of sp³-hybridized carbons (Fsp3) is 0.913. The maximum atomic E-state index is 11.6. The number of carbonyl (C=O) groups excluding carboxylic acids is 1. The van der Waals surface area contributed by atoms with Crippen molar-refractivity contribution in [3.05, 3.63) is 0 Å². The number of carbonyl (C=O) groups is 2. The van der Waals surface area contributed by atoms with E-state index in [1.807, 2.05) is 0 Å². The van der Waals surface area contributed by atoms with E-state index in [1.54, 1.807) is 6.92 Å². The number of esters is 1. The van der Waals surface area contributed by atoms with E-state index in [2.05, 4.69) is 13.8 Å². The van der Waals surface area contributed by atoms with Gasteiger partial charge in [-0.1, -0.05) is 13.8 Å². The number of ether oxygens (including phenoxy) is 1. The van der Waals surface area contributed by atoms with E-state index in [9.17, 15) is 14.7 Å². The summed E-state index contributed by atoms with van der Waals surface area (Å²) in [7, 11) is 0. The zero-order valence-corrected chi connectivity index (χ0v) is 17.2. The molecule has 0 radical (unpaired) electrons. The molecule has 4 fully saturated rings. The highest BCUT2D eigenvalue weighted by Gasteiger charge is 2.61. The first-order chi connectivity index (χ1) is 12.7. The molecular formula is C23H36O4. The summed E-state index contributed by atoms with van der Waals surface area (Å²) >= 11 is 0. The zero-order chi connectivity index (χ0) is 19.4. The molecule has 0 aromatic rings. The number of hydrogen-bond acceptors (Lipinski definition) is 3. The third-order valence-electron chi connectivity index (χ3n) is 9.46. The van der Waals surface area contributed by atoms with Gasteiger partial charge in [0.25, 0.3) is 0 Å². The van der Waals surface area contributed by atoms with Crippen LogP contribution in [0.1, 0.15) is 85.0 Å². The SMILES string of the molecule is CC(=O)O[C@H]1CC[C@@H]2[C@@H]3CC[C@H]4C[C@@H](CC(=O)O)CC[C@]4(C)[C@@H]3CC[C@]12C. The van der Waals surface area contributed by atoms with Crippen molar-refractivity contribution in [3.8, 4) is 0 Å². The molecule has 4 heteroatoms. The van der Waals surface area contributed by atoms with E-state index < -0.39 is 5.97 Å². The summed E-state index contributed by atoms with van der Waals surface area (Å²) in [4.78, 5) is 22.7. The molecule has 0 heterocycles. The standard InChI is InChI=1S/C23H36O4/c1-14(24)27-20-7-6-18-17-5-4-16-12-15(13-21(25)26)8-10-22(16,2)19(17)9-11-23(18,20)3/h15-20H,4-13H2,1-3H3,(H,25,26)/t15-,16-,17-,18+,19+,20-,22-,23-/m0/s1. The van der Waals surface area contributed by atoms with Gasteiger partial charge < -0.3 is 9.84 Å². The quantitative estimate of drug-likeness (QED) is 0.700. The van der Waals surface area contributed by atoms with Gasteiger partial charge in [0.1, 0.15) is 6.10 Å². The fourth-order valence-electron chi connectivity index (χ4n) is 8.13. The number of hydrogen-bond donors (Lipinski definition) is 1. The number of aliphatic carboxylic acids is 1. The van der Waals surface area contributed by atoms with Crippen molar-refractivity contribution in [2.75, 3.05) is 0 Å². The van der Waals surface area contributed by atoms with Crippen molar-refractivity contribution >= 4 is 11.9 Å². The Bertz CT molecular complexity index is 615. The molecule has 0 amide bonds. The summed E-state index contributed by atoms with van der Waals surface area (Å²) in [5, 5.41) is 9.20. The van der Waals surface area contributed by atoms with Crippen molar-refractivity contribution in [3.63, 3.8) is 0 Å². The Morgan fingerprint density at radius 3 is 2.37 bits per heavy atom. The van der Waals surface area contributed by atoms with Crippen molar-refractivity contribution in [1.29, 1.82) is 0 Å². The number of carboxylic acids is 1. The maximum Gasteiger partial charge on any atom is 0.303 e. The van der Waals surface area contributed by atoms with Crippen LogP contribution in [0.4, 0.5) is 0 Å². The van der Waals surface area contributed by atoms with Crippen LogP contribution >= 0.6 is 0 Å². The molecule has 0 saturated heterocycles. The van der Waals surface area contributed by atoms with Gasteiger partial charge in [-0.15, -0.1) is 0 Å². The Balaban J connectivity index is 1.51. The van der Waals surface area contributed by atoms with Gasteiger partial charge in [0.05, 0.1) is 0 Å². The van der Waals surface area contributed by atoms with Crippen molar-refractivity contribution in [2.45, 2.75) is 91.1 Å². The summed E-state index contributed by atoms with van der Waals surface area (Å²) in [5.74, 6) is 2.55. The highest BCUT2D eigenvalue weighted by molar-refractivity contribution is 5.67. The van der Waals surface area contributed by atoms with Crippen molar-refractivity contribution in [1.82, 2.24) is 0 Å². The molecule has 4 aliphatic rings. The van der Waals surface area contributed by atoms with Crippen LogP contribution < -0.4 is 0 Å². The largest absolute Gasteiger partial charge is 0.481 e. The molecule has 4 rings (SSSR count). The van der Waals surface area contributed by atoms with Gasteiger partial charge >= 0.3 is 11.9 Å². The molecule has 0 aromatic heterocycles. The molecule has 1 N–H and O–H groups in total. The molecule has 0 aliphatic heterocycles. The van der Waals surface area contributed by atoms with Gasteiger partial charge in [-0.2, -0.15) is 0 Å². The molecule has 152 valence electrons. The first kappa shape index (κ1) is 19.3. The number of carboxylic acid groups (broad SMARTS) is 1. The van der Waals surface area contributed by atoms with E-state index in [1.165, 1.54) is 38.5 Å². The molecule has 4 nitrogen and oxygen atoms in total. The second-order valence-corrected chi connectivity index (χ2v) is 10.6. The van der Waals surface area contributed by atoms with Crippen LogP contribution in [0.25, 0.3) is 0 Å². The van der Waals surface area contributed by atoms with Gasteiger partial charge in [0, 0.05) is 18.8 Å². The van der Waals surface area contributed by atoms with Crippen molar-refractivity contribution in [2.24, 2.45) is 40.4 Å². The molecule has 0 aromatic carbocycles. The van der Waals surface area contributed by atoms with Gasteiger partial charge in [-0.25, -0.2) is 0 Å². The van der Waals surface area contributed by atoms with E-state index >= 15 is 0 Å². The minimum Gasteiger partial charge on any atom is -0.481 e. The lowest BCUT2D eigenvalue weighted by atomic mass is 9.44. The lowest BCUT2D eigenvalue weighted by molar-refractivity contribution is -0.162. The highest BCUT2D eigenvalue weighted by atomic mass is 16.5. The first-order valence-electron chi connectivity index (χ1n) is 11.1. The molecule has 4 aliphatic carbocycles. The van der Waals surface area contributed by atoms with Crippen LogP contribution in [0.3, 0.4) is 0 Å². The van der Waals surface area contributed by atoms with Crippen LogP contribution in [0.5, 0.6) is 0 Å². The predicted molar refractivity (Wildman–Crippen MR) is 103 cm³/mol. The summed E-state index contributed by atoms with van der Waals surface area (Å²) in [6.07, 6.45) is 11.1. The van der Waals surface area contributed by atoms with Crippen LogP contribution in [0.15, 0.2) is 0 Å². The molecule has 4 saturated carbocycles. The summed E-state index contributed by atoms with van der Waals surface area (Å²) in [5.41, 5.74) is 0.551. The Morgan fingerprint density at radius 2 is 1.67 bits per heavy atom. The Kier molecular flexibility index (Phi) is 4.83. The van der Waals surface area contributed by atoms with Crippen LogP contribution in [0.2, 0.25) is 0 Å². The molecule has 0 bridgehead atoms. The molecule has 8 atom stereocenters. The zero-order valence-electron chi connectivity index (χ0n) is 17.2. The van der Waals surface area contributed by atoms with Gasteiger partial charge in [-0.3, -0.25) is 9.59 Å². The smallest absolute Gasteiger partial charge is 0.303 e. The molecule has 0 unspecified atom stereocenters. The predicted octanol–water partition coefficient (Wildman–Crippen LogP) is 5.05.